The van der Waals surface area contributed by atoms with Crippen molar-refractivity contribution >= 4 is 17.2 Å². The molecule has 23 heavy (non-hydrogen) atoms. The topological polar surface area (TPSA) is 50.8 Å². The van der Waals surface area contributed by atoms with Gasteiger partial charge in [0.25, 0.3) is 5.91 Å². The van der Waals surface area contributed by atoms with E-state index < -0.39 is 0 Å². The van der Waals surface area contributed by atoms with Crippen LogP contribution in [0.1, 0.15) is 21.3 Å². The summed E-state index contributed by atoms with van der Waals surface area (Å²) < 4.78 is 10.6. The zero-order chi connectivity index (χ0) is 16.8. The van der Waals surface area contributed by atoms with Crippen molar-refractivity contribution in [2.45, 2.75) is 6.04 Å². The van der Waals surface area contributed by atoms with Crippen LogP contribution in [0.3, 0.4) is 0 Å². The Hall–Kier alpha value is -2.05. The van der Waals surface area contributed by atoms with E-state index in [9.17, 15) is 4.79 Å². The summed E-state index contributed by atoms with van der Waals surface area (Å²) in [6.07, 6.45) is 0. The van der Waals surface area contributed by atoms with Crippen LogP contribution in [0.5, 0.6) is 11.5 Å². The first-order chi connectivity index (χ1) is 11.1. The lowest BCUT2D eigenvalue weighted by atomic mass is 10.1. The number of methoxy groups -OCH3 is 2. The molecule has 1 aromatic carbocycles. The second-order valence-electron chi connectivity index (χ2n) is 5.24. The molecule has 0 saturated carbocycles. The zero-order valence-corrected chi connectivity index (χ0v) is 14.6. The number of likely N-dealkylation sites (N-methyl/N-ethyl adjacent to an activating group) is 1. The zero-order valence-electron chi connectivity index (χ0n) is 13.8. The van der Waals surface area contributed by atoms with Gasteiger partial charge in [-0.2, -0.15) is 0 Å². The van der Waals surface area contributed by atoms with Gasteiger partial charge in [-0.15, -0.1) is 11.3 Å². The molecule has 2 rings (SSSR count). The Balaban J connectivity index is 2.16. The van der Waals surface area contributed by atoms with Gasteiger partial charge in [-0.1, -0.05) is 12.1 Å². The van der Waals surface area contributed by atoms with Crippen molar-refractivity contribution in [1.29, 1.82) is 0 Å². The van der Waals surface area contributed by atoms with Crippen LogP contribution < -0.4 is 14.8 Å². The van der Waals surface area contributed by atoms with Crippen LogP contribution in [0.2, 0.25) is 0 Å². The monoisotopic (exact) mass is 334 g/mol. The van der Waals surface area contributed by atoms with Crippen LogP contribution in [-0.2, 0) is 0 Å². The predicted octanol–water partition coefficient (Wildman–Crippen LogP) is 2.80. The molecule has 1 heterocycles. The van der Waals surface area contributed by atoms with E-state index in [4.69, 9.17) is 9.47 Å². The van der Waals surface area contributed by atoms with Gasteiger partial charge < -0.3 is 19.7 Å². The van der Waals surface area contributed by atoms with Gasteiger partial charge in [0.15, 0.2) is 0 Å². The summed E-state index contributed by atoms with van der Waals surface area (Å²) in [6, 6.07) is 9.51. The number of ether oxygens (including phenoxy) is 2. The maximum atomic E-state index is 12.6. The van der Waals surface area contributed by atoms with Gasteiger partial charge in [-0.25, -0.2) is 0 Å². The maximum absolute atomic E-state index is 12.6. The quantitative estimate of drug-likeness (QED) is 0.846. The summed E-state index contributed by atoms with van der Waals surface area (Å²) in [7, 11) is 7.08. The van der Waals surface area contributed by atoms with Crippen molar-refractivity contribution in [3.8, 4) is 11.5 Å². The van der Waals surface area contributed by atoms with Gasteiger partial charge in [0.2, 0.25) is 0 Å². The van der Waals surface area contributed by atoms with Gasteiger partial charge in [0.1, 0.15) is 17.1 Å². The fourth-order valence-corrected chi connectivity index (χ4v) is 3.29. The van der Waals surface area contributed by atoms with Crippen molar-refractivity contribution in [3.63, 3.8) is 0 Å². The SMILES string of the molecule is COc1cccc(OC)c1C(=O)NC[C@@H](c1cccs1)N(C)C. The van der Waals surface area contributed by atoms with E-state index in [2.05, 4.69) is 16.3 Å². The van der Waals surface area contributed by atoms with E-state index in [1.165, 1.54) is 4.88 Å². The molecule has 0 saturated heterocycles. The van der Waals surface area contributed by atoms with Gasteiger partial charge >= 0.3 is 0 Å². The number of amides is 1. The highest BCUT2D eigenvalue weighted by atomic mass is 32.1. The first-order valence-corrected chi connectivity index (χ1v) is 8.15. The van der Waals surface area contributed by atoms with E-state index in [1.54, 1.807) is 43.8 Å². The highest BCUT2D eigenvalue weighted by Gasteiger charge is 2.21. The van der Waals surface area contributed by atoms with Crippen LogP contribution in [0.15, 0.2) is 35.7 Å². The maximum Gasteiger partial charge on any atom is 0.258 e. The van der Waals surface area contributed by atoms with Gasteiger partial charge in [0, 0.05) is 11.4 Å². The predicted molar refractivity (Wildman–Crippen MR) is 92.6 cm³/mol. The molecular weight excluding hydrogens is 312 g/mol. The molecule has 0 fully saturated rings. The lowest BCUT2D eigenvalue weighted by molar-refractivity contribution is 0.0936. The Kier molecular flexibility index (Phi) is 6.01. The average Bonchev–Trinajstić information content (AvgIpc) is 3.07. The van der Waals surface area contributed by atoms with Crippen LogP contribution in [-0.4, -0.2) is 45.7 Å². The molecule has 0 aliphatic carbocycles. The number of benzene rings is 1. The third-order valence-electron chi connectivity index (χ3n) is 3.61. The van der Waals surface area contributed by atoms with E-state index in [0.29, 0.717) is 23.6 Å². The van der Waals surface area contributed by atoms with Crippen molar-refractivity contribution in [3.05, 3.63) is 46.2 Å². The highest BCUT2D eigenvalue weighted by molar-refractivity contribution is 7.10. The molecule has 0 aliphatic heterocycles. The van der Waals surface area contributed by atoms with E-state index in [1.807, 2.05) is 25.5 Å². The Morgan fingerprint density at radius 2 is 1.83 bits per heavy atom. The molecule has 6 heteroatoms. The van der Waals surface area contributed by atoms with E-state index >= 15 is 0 Å². The summed E-state index contributed by atoms with van der Waals surface area (Å²) >= 11 is 1.68. The van der Waals surface area contributed by atoms with Crippen LogP contribution in [0.4, 0.5) is 0 Å². The lowest BCUT2D eigenvalue weighted by Crippen LogP contribution is -2.34. The smallest absolute Gasteiger partial charge is 0.258 e. The Morgan fingerprint density at radius 1 is 1.17 bits per heavy atom. The number of rotatable bonds is 7. The molecule has 0 radical (unpaired) electrons. The molecule has 5 nitrogen and oxygen atoms in total. The molecule has 0 aliphatic rings. The average molecular weight is 334 g/mol. The Labute approximate surface area is 140 Å². The summed E-state index contributed by atoms with van der Waals surface area (Å²) in [4.78, 5) is 15.9. The first kappa shape index (κ1) is 17.3. The van der Waals surface area contributed by atoms with E-state index in [0.717, 1.165) is 0 Å². The molecular formula is C17H22N2O3S. The molecule has 1 aromatic heterocycles. The number of hydrogen-bond acceptors (Lipinski definition) is 5. The summed E-state index contributed by atoms with van der Waals surface area (Å²) in [5.41, 5.74) is 0.418. The third-order valence-corrected chi connectivity index (χ3v) is 4.58. The van der Waals surface area contributed by atoms with Crippen LogP contribution in [0, 0.1) is 0 Å². The number of hydrogen-bond donors (Lipinski definition) is 1. The molecule has 1 N–H and O–H groups in total. The third kappa shape index (κ3) is 4.03. The number of nitrogens with one attached hydrogen (secondary N) is 1. The van der Waals surface area contributed by atoms with E-state index in [-0.39, 0.29) is 11.9 Å². The Bertz CT molecular complexity index is 619. The highest BCUT2D eigenvalue weighted by Crippen LogP contribution is 2.28. The standard InChI is InChI=1S/C17H22N2O3S/c1-19(2)12(15-9-6-10-23-15)11-18-17(20)16-13(21-3)7-5-8-14(16)22-4/h5-10,12H,11H2,1-4H3,(H,18,20)/t12-/m0/s1. The second kappa shape index (κ2) is 7.99. The summed E-state index contributed by atoms with van der Waals surface area (Å²) in [5.74, 6) is 0.793. The first-order valence-electron chi connectivity index (χ1n) is 7.27. The second-order valence-corrected chi connectivity index (χ2v) is 6.22. The van der Waals surface area contributed by atoms with Crippen LogP contribution in [0.25, 0.3) is 0 Å². The van der Waals surface area contributed by atoms with Crippen molar-refractivity contribution < 1.29 is 14.3 Å². The fraction of sp³-hybridized carbons (Fsp3) is 0.353. The number of carbonyl (C=O) groups excluding carboxylic acids is 1. The largest absolute Gasteiger partial charge is 0.496 e. The molecule has 0 spiro atoms. The van der Waals surface area contributed by atoms with Crippen molar-refractivity contribution in [2.75, 3.05) is 34.9 Å². The fourth-order valence-electron chi connectivity index (χ4n) is 2.37. The van der Waals surface area contributed by atoms with Gasteiger partial charge in [0.05, 0.1) is 20.3 Å². The molecule has 1 atom stereocenters. The lowest BCUT2D eigenvalue weighted by Gasteiger charge is -2.24. The van der Waals surface area contributed by atoms with Gasteiger partial charge in [-0.3, -0.25) is 4.79 Å². The normalized spacial score (nSPS) is 12.0. The van der Waals surface area contributed by atoms with Crippen molar-refractivity contribution in [1.82, 2.24) is 10.2 Å². The number of nitrogens with zero attached hydrogens (tertiary/aromatic N) is 1. The minimum absolute atomic E-state index is 0.125. The van der Waals surface area contributed by atoms with Gasteiger partial charge in [-0.05, 0) is 37.7 Å². The Morgan fingerprint density at radius 3 is 2.30 bits per heavy atom. The van der Waals surface area contributed by atoms with Crippen LogP contribution >= 0.6 is 11.3 Å². The number of carbonyl (C=O) groups is 1. The van der Waals surface area contributed by atoms with Crippen molar-refractivity contribution in [2.24, 2.45) is 0 Å². The molecule has 124 valence electrons. The molecule has 2 aromatic rings. The minimum atomic E-state index is -0.206. The molecule has 0 unspecified atom stereocenters. The molecule has 1 amide bonds. The molecule has 0 bridgehead atoms. The minimum Gasteiger partial charge on any atom is -0.496 e. The summed E-state index contributed by atoms with van der Waals surface area (Å²) in [5, 5.41) is 5.02. The number of thiophene rings is 1. The summed E-state index contributed by atoms with van der Waals surface area (Å²) in [6.45, 7) is 0.507.